The van der Waals surface area contributed by atoms with Crippen LogP contribution in [0.5, 0.6) is 5.88 Å². The number of nitrogens with zero attached hydrogens (tertiary/aromatic N) is 4. The third kappa shape index (κ3) is 4.97. The molecular formula is C35H31N4O4+. The number of para-hydroxylation sites is 2. The number of carbonyl (C=O) groups is 1. The summed E-state index contributed by atoms with van der Waals surface area (Å²) in [5.41, 5.74) is 2.54. The van der Waals surface area contributed by atoms with Crippen LogP contribution in [0.2, 0.25) is 0 Å². The lowest BCUT2D eigenvalue weighted by molar-refractivity contribution is -0.663. The summed E-state index contributed by atoms with van der Waals surface area (Å²) < 4.78 is 5.99. The summed E-state index contributed by atoms with van der Waals surface area (Å²) in [6.45, 7) is 0.559. The molecule has 0 amide bonds. The number of Topliss-reactive ketones (excluding diaryl/α,β-unsaturated/α-hetero) is 1. The Bertz CT molecular complexity index is 2050. The topological polar surface area (TPSA) is 90.1 Å². The Kier molecular flexibility index (Phi) is 7.34. The van der Waals surface area contributed by atoms with Gasteiger partial charge in [-0.25, -0.2) is 13.9 Å². The van der Waals surface area contributed by atoms with Crippen molar-refractivity contribution in [3.63, 3.8) is 0 Å². The normalized spacial score (nSPS) is 12.7. The highest BCUT2D eigenvalue weighted by atomic mass is 16.3. The average Bonchev–Trinajstić information content (AvgIpc) is 3.41. The molecule has 2 aromatic heterocycles. The Morgan fingerprint density at radius 2 is 1.35 bits per heavy atom. The minimum absolute atomic E-state index is 0.0301. The summed E-state index contributed by atoms with van der Waals surface area (Å²) in [6, 6.07) is 35.0. The summed E-state index contributed by atoms with van der Waals surface area (Å²) in [7, 11) is 2.79. The zero-order valence-electron chi connectivity index (χ0n) is 23.9. The van der Waals surface area contributed by atoms with Crippen LogP contribution >= 0.6 is 0 Å². The van der Waals surface area contributed by atoms with Crippen LogP contribution in [0.4, 0.5) is 0 Å². The number of aromatic nitrogens is 4. The molecule has 6 aromatic rings. The highest BCUT2D eigenvalue weighted by Gasteiger charge is 2.42. The molecule has 43 heavy (non-hydrogen) atoms. The first kappa shape index (κ1) is 27.7. The zero-order chi connectivity index (χ0) is 30.1. The number of hydrogen-bond acceptors (Lipinski definition) is 4. The van der Waals surface area contributed by atoms with Gasteiger partial charge >= 0.3 is 5.69 Å². The predicted molar refractivity (Wildman–Crippen MR) is 164 cm³/mol. The van der Waals surface area contributed by atoms with Gasteiger partial charge in [0.05, 0.1) is 11.5 Å². The molecule has 0 aliphatic heterocycles. The van der Waals surface area contributed by atoms with Gasteiger partial charge in [0.25, 0.3) is 5.56 Å². The highest BCUT2D eigenvalue weighted by molar-refractivity contribution is 6.00. The van der Waals surface area contributed by atoms with E-state index in [-0.39, 0.29) is 11.3 Å². The van der Waals surface area contributed by atoms with Crippen LogP contribution < -0.4 is 15.8 Å². The van der Waals surface area contributed by atoms with Gasteiger partial charge in [-0.1, -0.05) is 103 Å². The van der Waals surface area contributed by atoms with Crippen LogP contribution in [-0.4, -0.2) is 24.6 Å². The second-order valence-electron chi connectivity index (χ2n) is 10.6. The average molecular weight is 572 g/mol. The monoisotopic (exact) mass is 571 g/mol. The van der Waals surface area contributed by atoms with E-state index in [0.29, 0.717) is 17.7 Å². The smallest absolute Gasteiger partial charge is 0.333 e. The molecular weight excluding hydrogens is 540 g/mol. The van der Waals surface area contributed by atoms with E-state index >= 15 is 0 Å². The lowest BCUT2D eigenvalue weighted by atomic mass is 9.82. The number of fused-ring (bicyclic) bond motifs is 1. The molecule has 2 heterocycles. The fourth-order valence-corrected chi connectivity index (χ4v) is 5.84. The van der Waals surface area contributed by atoms with Crippen molar-refractivity contribution in [3.05, 3.63) is 165 Å². The molecule has 0 bridgehead atoms. The molecule has 0 aliphatic rings. The summed E-state index contributed by atoms with van der Waals surface area (Å²) >= 11 is 0. The van der Waals surface area contributed by atoms with Crippen molar-refractivity contribution < 1.29 is 14.5 Å². The van der Waals surface area contributed by atoms with Gasteiger partial charge in [-0.3, -0.25) is 18.7 Å². The van der Waals surface area contributed by atoms with Crippen LogP contribution in [0.1, 0.15) is 39.0 Å². The van der Waals surface area contributed by atoms with Crippen LogP contribution in [0, 0.1) is 0 Å². The Balaban J connectivity index is 1.68. The predicted octanol–water partition coefficient (Wildman–Crippen LogP) is 4.34. The molecule has 0 radical (unpaired) electrons. The van der Waals surface area contributed by atoms with Crippen molar-refractivity contribution in [3.8, 4) is 5.88 Å². The first-order chi connectivity index (χ1) is 20.9. The highest BCUT2D eigenvalue weighted by Crippen LogP contribution is 2.40. The summed E-state index contributed by atoms with van der Waals surface area (Å²) in [4.78, 5) is 41.3. The Labute approximate surface area is 248 Å². The second kappa shape index (κ2) is 11.4. The van der Waals surface area contributed by atoms with E-state index in [1.807, 2.05) is 102 Å². The number of ketones is 1. The number of hydrogen-bond donors (Lipinski definition) is 1. The number of benzene rings is 4. The number of rotatable bonds is 8. The van der Waals surface area contributed by atoms with Gasteiger partial charge in [0, 0.05) is 19.7 Å². The van der Waals surface area contributed by atoms with Gasteiger partial charge in [0.1, 0.15) is 6.54 Å². The summed E-state index contributed by atoms with van der Waals surface area (Å²) in [5.74, 6) is -1.65. The van der Waals surface area contributed by atoms with Crippen molar-refractivity contribution in [2.24, 2.45) is 14.1 Å². The van der Waals surface area contributed by atoms with Gasteiger partial charge in [0.2, 0.25) is 18.0 Å². The summed E-state index contributed by atoms with van der Waals surface area (Å²) in [5, 5.41) is 11.4. The van der Waals surface area contributed by atoms with Gasteiger partial charge in [-0.05, 0) is 23.3 Å². The Morgan fingerprint density at radius 1 is 0.767 bits per heavy atom. The maximum absolute atomic E-state index is 14.7. The Hall–Kier alpha value is -5.50. The van der Waals surface area contributed by atoms with Crippen LogP contribution in [0.25, 0.3) is 11.0 Å². The first-order valence-corrected chi connectivity index (χ1v) is 14.0. The molecule has 1 N–H and O–H groups in total. The largest absolute Gasteiger partial charge is 0.494 e. The molecule has 0 saturated heterocycles. The minimum atomic E-state index is -0.997. The fourth-order valence-electron chi connectivity index (χ4n) is 5.84. The van der Waals surface area contributed by atoms with E-state index in [4.69, 9.17) is 0 Å². The molecule has 2 unspecified atom stereocenters. The molecule has 0 spiro atoms. The van der Waals surface area contributed by atoms with Crippen molar-refractivity contribution in [1.82, 2.24) is 13.7 Å². The van der Waals surface area contributed by atoms with Gasteiger partial charge in [0.15, 0.2) is 17.1 Å². The van der Waals surface area contributed by atoms with Crippen LogP contribution in [0.3, 0.4) is 0 Å². The summed E-state index contributed by atoms with van der Waals surface area (Å²) in [6.07, 6.45) is 1.91. The molecule has 214 valence electrons. The van der Waals surface area contributed by atoms with Gasteiger partial charge in [-0.2, -0.15) is 0 Å². The SMILES string of the molecule is Cn1c(O)c(C(c2ccccc2)C(C(=O)c2ccccc2)n2c[n+](Cc3ccccc3)c3ccccc32)c(=O)n(C)c1=O. The van der Waals surface area contributed by atoms with E-state index in [9.17, 15) is 19.5 Å². The molecule has 4 aromatic carbocycles. The second-order valence-corrected chi connectivity index (χ2v) is 10.6. The van der Waals surface area contributed by atoms with Crippen LogP contribution in [-0.2, 0) is 20.6 Å². The van der Waals surface area contributed by atoms with E-state index < -0.39 is 29.1 Å². The number of imidazole rings is 1. The molecule has 2 atom stereocenters. The lowest BCUT2D eigenvalue weighted by Crippen LogP contribution is -2.41. The first-order valence-electron chi connectivity index (χ1n) is 14.0. The number of aromatic hydroxyl groups is 1. The molecule has 8 heteroatoms. The van der Waals surface area contributed by atoms with E-state index in [2.05, 4.69) is 4.57 Å². The van der Waals surface area contributed by atoms with Gasteiger partial charge < -0.3 is 5.11 Å². The molecule has 6 rings (SSSR count). The maximum Gasteiger partial charge on any atom is 0.333 e. The van der Waals surface area contributed by atoms with E-state index in [0.717, 1.165) is 25.7 Å². The standard InChI is InChI=1S/C35H30N4O4/c1-36-33(41)30(34(42)37(2)35(36)43)29(25-16-8-4-9-17-25)31(32(40)26-18-10-5-11-19-26)39-23-38(22-24-14-6-3-7-15-24)27-20-12-13-21-28(27)39/h3-21,23,29,31H,22H2,1-2H3/p+1. The minimum Gasteiger partial charge on any atom is -0.494 e. The van der Waals surface area contributed by atoms with Crippen molar-refractivity contribution in [1.29, 1.82) is 0 Å². The van der Waals surface area contributed by atoms with Gasteiger partial charge in [-0.15, -0.1) is 0 Å². The molecule has 8 nitrogen and oxygen atoms in total. The molecule has 0 saturated carbocycles. The van der Waals surface area contributed by atoms with Crippen molar-refractivity contribution >= 4 is 16.8 Å². The number of carbonyl (C=O) groups excluding carboxylic acids is 1. The van der Waals surface area contributed by atoms with Crippen LogP contribution in [0.15, 0.2) is 131 Å². The zero-order valence-corrected chi connectivity index (χ0v) is 23.9. The van der Waals surface area contributed by atoms with Crippen molar-refractivity contribution in [2.45, 2.75) is 18.5 Å². The lowest BCUT2D eigenvalue weighted by Gasteiger charge is -2.26. The third-order valence-corrected chi connectivity index (χ3v) is 8.01. The maximum atomic E-state index is 14.7. The Morgan fingerprint density at radius 3 is 2.02 bits per heavy atom. The van der Waals surface area contributed by atoms with E-state index in [1.165, 1.54) is 14.1 Å². The third-order valence-electron chi connectivity index (χ3n) is 8.01. The fraction of sp³-hybridized carbons (Fsp3) is 0.143. The van der Waals surface area contributed by atoms with E-state index in [1.54, 1.807) is 24.3 Å². The molecule has 0 fully saturated rings. The van der Waals surface area contributed by atoms with Crippen molar-refractivity contribution in [2.75, 3.05) is 0 Å². The quantitative estimate of drug-likeness (QED) is 0.218. The molecule has 0 aliphatic carbocycles.